The summed E-state index contributed by atoms with van der Waals surface area (Å²) in [6.45, 7) is 1.72. The fourth-order valence-corrected chi connectivity index (χ4v) is 5.38. The Morgan fingerprint density at radius 3 is 2.52 bits per heavy atom. The predicted octanol–water partition coefficient (Wildman–Crippen LogP) is 4.47. The Balaban J connectivity index is 1.63. The van der Waals surface area contributed by atoms with Gasteiger partial charge in [0.25, 0.3) is 5.69 Å². The summed E-state index contributed by atoms with van der Waals surface area (Å²) in [5.41, 5.74) is 2.37. The molecule has 0 fully saturated rings. The SMILES string of the molecule is Cc1ccccc1CS(=O)(=O)c1cn(CC(=O)Nc2cccc([N+](=O)[O-])c2)c2ccccc12. The number of fused-ring (bicyclic) bond motifs is 1. The number of aryl methyl sites for hydroxylation is 1. The molecule has 1 amide bonds. The van der Waals surface area contributed by atoms with Gasteiger partial charge in [0.1, 0.15) is 6.54 Å². The van der Waals surface area contributed by atoms with Crippen molar-refractivity contribution in [3.8, 4) is 0 Å². The molecule has 33 heavy (non-hydrogen) atoms. The number of carbonyl (C=O) groups is 1. The predicted molar refractivity (Wildman–Crippen MR) is 126 cm³/mol. The second-order valence-corrected chi connectivity index (χ2v) is 9.64. The highest BCUT2D eigenvalue weighted by molar-refractivity contribution is 7.90. The Bertz CT molecular complexity index is 1470. The summed E-state index contributed by atoms with van der Waals surface area (Å²) in [6.07, 6.45) is 1.48. The van der Waals surface area contributed by atoms with E-state index in [0.717, 1.165) is 11.1 Å². The van der Waals surface area contributed by atoms with Crippen LogP contribution in [0.4, 0.5) is 11.4 Å². The Kier molecular flexibility index (Phi) is 5.97. The number of sulfone groups is 1. The molecule has 1 heterocycles. The van der Waals surface area contributed by atoms with Gasteiger partial charge >= 0.3 is 0 Å². The molecule has 4 aromatic rings. The molecule has 0 saturated heterocycles. The zero-order chi connectivity index (χ0) is 23.6. The first kappa shape index (κ1) is 22.2. The van der Waals surface area contributed by atoms with Crippen LogP contribution < -0.4 is 5.32 Å². The van der Waals surface area contributed by atoms with E-state index in [0.29, 0.717) is 10.9 Å². The van der Waals surface area contributed by atoms with Crippen LogP contribution in [-0.4, -0.2) is 23.8 Å². The molecule has 0 aliphatic heterocycles. The van der Waals surface area contributed by atoms with Crippen LogP contribution in [0, 0.1) is 17.0 Å². The van der Waals surface area contributed by atoms with E-state index in [1.54, 1.807) is 47.0 Å². The van der Waals surface area contributed by atoms with Crippen LogP contribution in [0.25, 0.3) is 10.9 Å². The van der Waals surface area contributed by atoms with Gasteiger partial charge in [0.2, 0.25) is 5.91 Å². The van der Waals surface area contributed by atoms with Gasteiger partial charge < -0.3 is 9.88 Å². The maximum absolute atomic E-state index is 13.3. The third-order valence-corrected chi connectivity index (χ3v) is 7.04. The molecule has 3 aromatic carbocycles. The number of hydrogen-bond donors (Lipinski definition) is 1. The Labute approximate surface area is 190 Å². The summed E-state index contributed by atoms with van der Waals surface area (Å²) in [4.78, 5) is 23.2. The van der Waals surface area contributed by atoms with Gasteiger partial charge in [-0.3, -0.25) is 14.9 Å². The molecule has 168 valence electrons. The molecule has 0 radical (unpaired) electrons. The number of non-ortho nitro benzene ring substituents is 1. The number of amides is 1. The normalized spacial score (nSPS) is 11.4. The van der Waals surface area contributed by atoms with Gasteiger partial charge in [-0.2, -0.15) is 0 Å². The third-order valence-electron chi connectivity index (χ3n) is 5.35. The van der Waals surface area contributed by atoms with Gasteiger partial charge in [-0.15, -0.1) is 0 Å². The highest BCUT2D eigenvalue weighted by Crippen LogP contribution is 2.29. The first-order chi connectivity index (χ1) is 15.7. The molecule has 0 saturated carbocycles. The number of nitrogens with one attached hydrogen (secondary N) is 1. The Morgan fingerprint density at radius 2 is 1.76 bits per heavy atom. The van der Waals surface area contributed by atoms with E-state index >= 15 is 0 Å². The molecular weight excluding hydrogens is 442 g/mol. The smallest absolute Gasteiger partial charge is 0.271 e. The molecule has 4 rings (SSSR count). The standard InChI is InChI=1S/C24H21N3O5S/c1-17-7-2-3-8-18(17)16-33(31,32)23-14-26(22-12-5-4-11-21(22)23)15-24(28)25-19-9-6-10-20(13-19)27(29)30/h2-14H,15-16H2,1H3,(H,25,28). The van der Waals surface area contributed by atoms with Crippen LogP contribution in [0.1, 0.15) is 11.1 Å². The van der Waals surface area contributed by atoms with Crippen molar-refractivity contribution in [2.75, 3.05) is 5.32 Å². The summed E-state index contributed by atoms with van der Waals surface area (Å²) < 4.78 is 28.1. The molecule has 0 atom stereocenters. The van der Waals surface area contributed by atoms with Crippen LogP contribution in [0.3, 0.4) is 0 Å². The molecular formula is C24H21N3O5S. The number of rotatable bonds is 7. The van der Waals surface area contributed by atoms with Crippen LogP contribution >= 0.6 is 0 Å². The second-order valence-electron chi connectivity index (χ2n) is 7.68. The van der Waals surface area contributed by atoms with Crippen molar-refractivity contribution in [2.24, 2.45) is 0 Å². The highest BCUT2D eigenvalue weighted by atomic mass is 32.2. The van der Waals surface area contributed by atoms with Gasteiger partial charge in [0, 0.05) is 34.9 Å². The molecule has 1 aromatic heterocycles. The lowest BCUT2D eigenvalue weighted by molar-refractivity contribution is -0.384. The molecule has 0 spiro atoms. The zero-order valence-electron chi connectivity index (χ0n) is 17.8. The average Bonchev–Trinajstić information content (AvgIpc) is 3.15. The number of nitrogens with zero attached hydrogens (tertiary/aromatic N) is 2. The monoisotopic (exact) mass is 463 g/mol. The molecule has 0 aliphatic rings. The average molecular weight is 464 g/mol. The number of anilines is 1. The molecule has 0 aliphatic carbocycles. The quantitative estimate of drug-likeness (QED) is 0.321. The van der Waals surface area contributed by atoms with Crippen LogP contribution in [-0.2, 0) is 26.9 Å². The van der Waals surface area contributed by atoms with E-state index < -0.39 is 20.7 Å². The first-order valence-electron chi connectivity index (χ1n) is 10.1. The first-order valence-corrected chi connectivity index (χ1v) is 11.8. The lowest BCUT2D eigenvalue weighted by Crippen LogP contribution is -2.18. The fourth-order valence-electron chi connectivity index (χ4n) is 3.70. The lowest BCUT2D eigenvalue weighted by Gasteiger charge is -2.07. The minimum atomic E-state index is -3.68. The largest absolute Gasteiger partial charge is 0.337 e. The van der Waals surface area contributed by atoms with Crippen molar-refractivity contribution in [3.05, 3.63) is 100 Å². The van der Waals surface area contributed by atoms with E-state index in [4.69, 9.17) is 0 Å². The molecule has 1 N–H and O–H groups in total. The molecule has 9 heteroatoms. The summed E-state index contributed by atoms with van der Waals surface area (Å²) in [7, 11) is -3.68. The summed E-state index contributed by atoms with van der Waals surface area (Å²) in [5, 5.41) is 14.1. The fraction of sp³-hybridized carbons (Fsp3) is 0.125. The molecule has 0 unspecified atom stereocenters. The van der Waals surface area contributed by atoms with Gasteiger partial charge in [-0.1, -0.05) is 48.5 Å². The van der Waals surface area contributed by atoms with E-state index in [-0.39, 0.29) is 28.6 Å². The van der Waals surface area contributed by atoms with Crippen molar-refractivity contribution in [1.82, 2.24) is 4.57 Å². The van der Waals surface area contributed by atoms with Gasteiger partial charge in [0.05, 0.1) is 15.6 Å². The zero-order valence-corrected chi connectivity index (χ0v) is 18.6. The van der Waals surface area contributed by atoms with E-state index in [1.165, 1.54) is 24.4 Å². The van der Waals surface area contributed by atoms with Crippen LogP contribution in [0.15, 0.2) is 83.9 Å². The topological polar surface area (TPSA) is 111 Å². The van der Waals surface area contributed by atoms with Gasteiger partial charge in [-0.25, -0.2) is 8.42 Å². The number of benzene rings is 3. The summed E-state index contributed by atoms with van der Waals surface area (Å²) in [6, 6.07) is 20.0. The van der Waals surface area contributed by atoms with E-state index in [2.05, 4.69) is 5.32 Å². The van der Waals surface area contributed by atoms with Crippen molar-refractivity contribution < 1.29 is 18.1 Å². The number of aromatic nitrogens is 1. The van der Waals surface area contributed by atoms with Crippen molar-refractivity contribution >= 4 is 38.0 Å². The van der Waals surface area contributed by atoms with Crippen molar-refractivity contribution in [1.29, 1.82) is 0 Å². The van der Waals surface area contributed by atoms with Crippen molar-refractivity contribution in [2.45, 2.75) is 24.1 Å². The summed E-state index contributed by atoms with van der Waals surface area (Å²) >= 11 is 0. The minimum absolute atomic E-state index is 0.135. The number of carbonyl (C=O) groups excluding carboxylic acids is 1. The van der Waals surface area contributed by atoms with Crippen LogP contribution in [0.5, 0.6) is 0 Å². The molecule has 0 bridgehead atoms. The minimum Gasteiger partial charge on any atom is -0.337 e. The van der Waals surface area contributed by atoms with Gasteiger partial charge in [-0.05, 0) is 30.2 Å². The summed E-state index contributed by atoms with van der Waals surface area (Å²) in [5.74, 6) is -0.577. The lowest BCUT2D eigenvalue weighted by atomic mass is 10.1. The van der Waals surface area contributed by atoms with Crippen molar-refractivity contribution in [3.63, 3.8) is 0 Å². The highest BCUT2D eigenvalue weighted by Gasteiger charge is 2.23. The Hall–Kier alpha value is -3.98. The van der Waals surface area contributed by atoms with E-state index in [1.807, 2.05) is 19.1 Å². The van der Waals surface area contributed by atoms with Gasteiger partial charge in [0.15, 0.2) is 9.84 Å². The maximum Gasteiger partial charge on any atom is 0.271 e. The number of nitro benzene ring substituents is 1. The van der Waals surface area contributed by atoms with Crippen LogP contribution in [0.2, 0.25) is 0 Å². The third kappa shape index (κ3) is 4.78. The number of para-hydroxylation sites is 1. The number of hydrogen-bond acceptors (Lipinski definition) is 5. The molecule has 8 nitrogen and oxygen atoms in total. The Morgan fingerprint density at radius 1 is 1.03 bits per heavy atom. The maximum atomic E-state index is 13.3. The second kappa shape index (κ2) is 8.87. The number of nitro groups is 1. The van der Waals surface area contributed by atoms with E-state index in [9.17, 15) is 23.3 Å².